The van der Waals surface area contributed by atoms with Gasteiger partial charge in [0.05, 0.1) is 24.0 Å². The van der Waals surface area contributed by atoms with E-state index >= 15 is 0 Å². The minimum Gasteiger partial charge on any atom is -0.395 e. The number of nitrogens with one attached hydrogen (secondary N) is 2. The molecule has 9 nitrogen and oxygen atoms in total. The number of imidazole rings is 2. The van der Waals surface area contributed by atoms with Gasteiger partial charge in [0.15, 0.2) is 11.5 Å². The molecule has 0 aliphatic carbocycles. The van der Waals surface area contributed by atoms with Crippen LogP contribution in [0.5, 0.6) is 0 Å². The summed E-state index contributed by atoms with van der Waals surface area (Å²) in [7, 11) is 0. The summed E-state index contributed by atoms with van der Waals surface area (Å²) < 4.78 is 2.41. The summed E-state index contributed by atoms with van der Waals surface area (Å²) in [6.45, 7) is 3.64. The van der Waals surface area contributed by atoms with Crippen molar-refractivity contribution < 1.29 is 5.11 Å². The van der Waals surface area contributed by atoms with Crippen LogP contribution in [-0.4, -0.2) is 72.3 Å². The SMILES string of the molecule is OCCN1CCC[C@@H](n2c(CCNc3ncnc4nc[nH]c34)nc3ccccc32)C1. The number of aliphatic hydroxyl groups excluding tert-OH is 1. The van der Waals surface area contributed by atoms with Gasteiger partial charge in [-0.15, -0.1) is 0 Å². The first-order chi connectivity index (χ1) is 14.8. The Morgan fingerprint density at radius 1 is 1.20 bits per heavy atom. The van der Waals surface area contributed by atoms with Crippen LogP contribution in [0, 0.1) is 0 Å². The number of likely N-dealkylation sites (tertiary alicyclic amines) is 1. The summed E-state index contributed by atoms with van der Waals surface area (Å²) in [6, 6.07) is 8.72. The van der Waals surface area contributed by atoms with Gasteiger partial charge >= 0.3 is 0 Å². The summed E-state index contributed by atoms with van der Waals surface area (Å²) >= 11 is 0. The first kappa shape index (κ1) is 19.0. The van der Waals surface area contributed by atoms with E-state index in [9.17, 15) is 5.11 Å². The van der Waals surface area contributed by atoms with E-state index in [0.29, 0.717) is 18.2 Å². The van der Waals surface area contributed by atoms with Gasteiger partial charge < -0.3 is 20.0 Å². The third-order valence-corrected chi connectivity index (χ3v) is 5.79. The second-order valence-corrected chi connectivity index (χ2v) is 7.71. The molecule has 4 aromatic rings. The summed E-state index contributed by atoms with van der Waals surface area (Å²) in [5.41, 5.74) is 3.69. The van der Waals surface area contributed by atoms with Crippen molar-refractivity contribution in [1.29, 1.82) is 0 Å². The number of fused-ring (bicyclic) bond motifs is 2. The van der Waals surface area contributed by atoms with Crippen molar-refractivity contribution in [2.45, 2.75) is 25.3 Å². The second-order valence-electron chi connectivity index (χ2n) is 7.71. The predicted molar refractivity (Wildman–Crippen MR) is 115 cm³/mol. The molecule has 3 N–H and O–H groups in total. The third kappa shape index (κ3) is 3.61. The van der Waals surface area contributed by atoms with Crippen molar-refractivity contribution in [2.24, 2.45) is 0 Å². The van der Waals surface area contributed by atoms with Gasteiger partial charge in [-0.3, -0.25) is 4.90 Å². The second kappa shape index (κ2) is 8.37. The van der Waals surface area contributed by atoms with E-state index in [1.165, 1.54) is 11.8 Å². The highest BCUT2D eigenvalue weighted by molar-refractivity contribution is 5.82. The molecule has 0 bridgehead atoms. The van der Waals surface area contributed by atoms with E-state index in [-0.39, 0.29) is 6.61 Å². The summed E-state index contributed by atoms with van der Waals surface area (Å²) in [4.78, 5) is 23.1. The van der Waals surface area contributed by atoms with Crippen LogP contribution in [0.25, 0.3) is 22.2 Å². The highest BCUT2D eigenvalue weighted by Gasteiger charge is 2.24. The van der Waals surface area contributed by atoms with Crippen LogP contribution < -0.4 is 5.32 Å². The number of piperidine rings is 1. The number of aromatic amines is 1. The number of benzene rings is 1. The lowest BCUT2D eigenvalue weighted by Gasteiger charge is -2.34. The molecular weight excluding hydrogens is 380 g/mol. The molecule has 1 aliphatic rings. The highest BCUT2D eigenvalue weighted by atomic mass is 16.3. The Morgan fingerprint density at radius 3 is 3.07 bits per heavy atom. The fourth-order valence-corrected chi connectivity index (χ4v) is 4.46. The number of hydrogen-bond acceptors (Lipinski definition) is 7. The fourth-order valence-electron chi connectivity index (χ4n) is 4.46. The number of β-amino-alcohol motifs (C(OH)–C–C–N with tert-alkyl or cyclic N) is 1. The highest BCUT2D eigenvalue weighted by Crippen LogP contribution is 2.28. The van der Waals surface area contributed by atoms with Gasteiger partial charge in [-0.05, 0) is 31.5 Å². The van der Waals surface area contributed by atoms with Crippen molar-refractivity contribution in [3.63, 3.8) is 0 Å². The Labute approximate surface area is 174 Å². The third-order valence-electron chi connectivity index (χ3n) is 5.79. The van der Waals surface area contributed by atoms with E-state index in [4.69, 9.17) is 4.98 Å². The van der Waals surface area contributed by atoms with Crippen LogP contribution in [0.1, 0.15) is 24.7 Å². The summed E-state index contributed by atoms with van der Waals surface area (Å²) in [6.07, 6.45) is 6.20. The van der Waals surface area contributed by atoms with Gasteiger partial charge in [-0.25, -0.2) is 19.9 Å². The molecule has 1 saturated heterocycles. The van der Waals surface area contributed by atoms with Crippen LogP contribution in [0.15, 0.2) is 36.9 Å². The van der Waals surface area contributed by atoms with Crippen molar-refractivity contribution in [3.05, 3.63) is 42.7 Å². The van der Waals surface area contributed by atoms with Gasteiger partial charge in [-0.2, -0.15) is 0 Å². The maximum atomic E-state index is 9.36. The van der Waals surface area contributed by atoms with Crippen LogP contribution in [0.3, 0.4) is 0 Å². The molecule has 1 atom stereocenters. The smallest absolute Gasteiger partial charge is 0.182 e. The Bertz CT molecular complexity index is 1130. The maximum Gasteiger partial charge on any atom is 0.182 e. The lowest BCUT2D eigenvalue weighted by molar-refractivity contribution is 0.143. The molecule has 156 valence electrons. The lowest BCUT2D eigenvalue weighted by atomic mass is 10.0. The van der Waals surface area contributed by atoms with E-state index in [1.54, 1.807) is 6.33 Å². The molecule has 0 amide bonds. The van der Waals surface area contributed by atoms with E-state index < -0.39 is 0 Å². The molecule has 0 unspecified atom stereocenters. The standard InChI is InChI=1S/C21H26N8O/c30-11-10-28-9-3-4-15(12-28)29-17-6-2-1-5-16(17)27-18(29)7-8-22-20-19-21(24-13-23-19)26-14-25-20/h1-2,5-6,13-15,30H,3-4,7-12H2,(H2,22,23,24,25,26)/t15-/m1/s1. The molecule has 1 aliphatic heterocycles. The number of para-hydroxylation sites is 2. The average Bonchev–Trinajstić information content (AvgIpc) is 3.39. The van der Waals surface area contributed by atoms with Crippen molar-refractivity contribution in [3.8, 4) is 0 Å². The monoisotopic (exact) mass is 406 g/mol. The molecular formula is C21H26N8O. The quantitative estimate of drug-likeness (QED) is 0.431. The van der Waals surface area contributed by atoms with Gasteiger partial charge in [0, 0.05) is 32.1 Å². The molecule has 1 aromatic carbocycles. The zero-order chi connectivity index (χ0) is 20.3. The largest absolute Gasteiger partial charge is 0.395 e. The number of aromatic nitrogens is 6. The van der Waals surface area contributed by atoms with Crippen LogP contribution in [-0.2, 0) is 6.42 Å². The Kier molecular flexibility index (Phi) is 5.29. The minimum atomic E-state index is 0.204. The van der Waals surface area contributed by atoms with Crippen LogP contribution >= 0.6 is 0 Å². The van der Waals surface area contributed by atoms with Gasteiger partial charge in [0.1, 0.15) is 17.7 Å². The molecule has 1 fully saturated rings. The fraction of sp³-hybridized carbons (Fsp3) is 0.429. The molecule has 0 saturated carbocycles. The maximum absolute atomic E-state index is 9.36. The number of nitrogens with zero attached hydrogens (tertiary/aromatic N) is 6. The number of hydrogen-bond donors (Lipinski definition) is 3. The normalized spacial score (nSPS) is 17.7. The van der Waals surface area contributed by atoms with Crippen molar-refractivity contribution in [1.82, 2.24) is 34.4 Å². The molecule has 9 heteroatoms. The molecule has 4 heterocycles. The zero-order valence-corrected chi connectivity index (χ0v) is 16.8. The van der Waals surface area contributed by atoms with Crippen LogP contribution in [0.2, 0.25) is 0 Å². The number of aliphatic hydroxyl groups is 1. The van der Waals surface area contributed by atoms with Gasteiger partial charge in [0.2, 0.25) is 0 Å². The van der Waals surface area contributed by atoms with Gasteiger partial charge in [0.25, 0.3) is 0 Å². The first-order valence-electron chi connectivity index (χ1n) is 10.5. The first-order valence-corrected chi connectivity index (χ1v) is 10.5. The summed E-state index contributed by atoms with van der Waals surface area (Å²) in [5, 5.41) is 12.8. The van der Waals surface area contributed by atoms with Crippen molar-refractivity contribution >= 4 is 28.0 Å². The number of anilines is 1. The van der Waals surface area contributed by atoms with Crippen LogP contribution in [0.4, 0.5) is 5.82 Å². The van der Waals surface area contributed by atoms with E-state index in [1.807, 2.05) is 6.07 Å². The Hall–Kier alpha value is -3.04. The zero-order valence-electron chi connectivity index (χ0n) is 16.8. The van der Waals surface area contributed by atoms with Crippen molar-refractivity contribution in [2.75, 3.05) is 38.1 Å². The summed E-state index contributed by atoms with van der Waals surface area (Å²) in [5.74, 6) is 1.83. The lowest BCUT2D eigenvalue weighted by Crippen LogP contribution is -2.38. The van der Waals surface area contributed by atoms with E-state index in [2.05, 4.69) is 52.9 Å². The molecule has 0 radical (unpaired) electrons. The van der Waals surface area contributed by atoms with Gasteiger partial charge in [-0.1, -0.05) is 12.1 Å². The molecule has 30 heavy (non-hydrogen) atoms. The Balaban J connectivity index is 1.38. The molecule has 0 spiro atoms. The molecule has 3 aromatic heterocycles. The topological polar surface area (TPSA) is 108 Å². The number of H-pyrrole nitrogens is 1. The van der Waals surface area contributed by atoms with E-state index in [0.717, 1.165) is 61.6 Å². The number of rotatable bonds is 7. The Morgan fingerprint density at radius 2 is 2.13 bits per heavy atom. The molecule has 5 rings (SSSR count). The average molecular weight is 406 g/mol. The predicted octanol–water partition coefficient (Wildman–Crippen LogP) is 1.99. The minimum absolute atomic E-state index is 0.204.